The number of nitrogens with zero attached hydrogens (tertiary/aromatic N) is 3. The predicted octanol–water partition coefficient (Wildman–Crippen LogP) is 2.54. The predicted molar refractivity (Wildman–Crippen MR) is 77.6 cm³/mol. The van der Waals surface area contributed by atoms with Crippen molar-refractivity contribution in [3.63, 3.8) is 0 Å². The van der Waals surface area contributed by atoms with Crippen LogP contribution in [0, 0.1) is 0 Å². The van der Waals surface area contributed by atoms with Crippen LogP contribution in [0.25, 0.3) is 0 Å². The molecule has 0 atom stereocenters. The summed E-state index contributed by atoms with van der Waals surface area (Å²) in [5.74, 6) is 2.11. The Balaban J connectivity index is 1.82. The number of aromatic nitrogens is 3. The van der Waals surface area contributed by atoms with Crippen molar-refractivity contribution in [3.8, 4) is 11.5 Å². The first-order chi connectivity index (χ1) is 9.83. The molecule has 0 bridgehead atoms. The first kappa shape index (κ1) is 14.7. The smallest absolute Gasteiger partial charge is 0.161 e. The molecule has 108 valence electrons. The molecule has 2 rings (SSSR count). The molecule has 1 aromatic heterocycles. The maximum atomic E-state index is 5.69. The van der Waals surface area contributed by atoms with E-state index in [9.17, 15) is 0 Å². The second kappa shape index (κ2) is 7.75. The molecule has 0 fully saturated rings. The first-order valence-corrected chi connectivity index (χ1v) is 7.07. The zero-order valence-electron chi connectivity index (χ0n) is 11.5. The Morgan fingerprint density at radius 2 is 2.05 bits per heavy atom. The Hall–Kier alpha value is -1.75. The molecule has 2 aromatic rings. The van der Waals surface area contributed by atoms with Gasteiger partial charge >= 0.3 is 0 Å². The molecule has 0 saturated heterocycles. The van der Waals surface area contributed by atoms with Gasteiger partial charge < -0.3 is 9.47 Å². The molecule has 5 nitrogen and oxygen atoms in total. The van der Waals surface area contributed by atoms with Crippen LogP contribution in [0.15, 0.2) is 30.5 Å². The molecule has 6 heteroatoms. The highest BCUT2D eigenvalue weighted by Crippen LogP contribution is 2.25. The van der Waals surface area contributed by atoms with Crippen molar-refractivity contribution >= 4 is 11.6 Å². The Morgan fingerprint density at radius 1 is 1.25 bits per heavy atom. The van der Waals surface area contributed by atoms with E-state index in [0.29, 0.717) is 19.0 Å². The SMILES string of the molecule is COc1ccccc1OCCn1cc(CCCCl)nn1. The summed E-state index contributed by atoms with van der Waals surface area (Å²) in [6, 6.07) is 7.57. The highest BCUT2D eigenvalue weighted by Gasteiger charge is 2.04. The van der Waals surface area contributed by atoms with Gasteiger partial charge in [-0.2, -0.15) is 0 Å². The van der Waals surface area contributed by atoms with Gasteiger partial charge in [0.05, 0.1) is 19.3 Å². The van der Waals surface area contributed by atoms with Crippen molar-refractivity contribution in [3.05, 3.63) is 36.2 Å². The van der Waals surface area contributed by atoms with Crippen LogP contribution in [-0.2, 0) is 13.0 Å². The van der Waals surface area contributed by atoms with Crippen LogP contribution in [0.4, 0.5) is 0 Å². The van der Waals surface area contributed by atoms with Gasteiger partial charge in [-0.15, -0.1) is 16.7 Å². The lowest BCUT2D eigenvalue weighted by Crippen LogP contribution is -2.09. The van der Waals surface area contributed by atoms with Gasteiger partial charge in [-0.1, -0.05) is 17.3 Å². The van der Waals surface area contributed by atoms with E-state index in [-0.39, 0.29) is 0 Å². The molecule has 0 aliphatic carbocycles. The fourth-order valence-electron chi connectivity index (χ4n) is 1.80. The van der Waals surface area contributed by atoms with E-state index >= 15 is 0 Å². The number of benzene rings is 1. The van der Waals surface area contributed by atoms with Gasteiger partial charge in [0, 0.05) is 12.1 Å². The van der Waals surface area contributed by atoms with Crippen LogP contribution < -0.4 is 9.47 Å². The molecule has 0 saturated carbocycles. The van der Waals surface area contributed by atoms with Crippen LogP contribution in [0.1, 0.15) is 12.1 Å². The van der Waals surface area contributed by atoms with Gasteiger partial charge in [0.1, 0.15) is 6.61 Å². The molecule has 0 aliphatic rings. The summed E-state index contributed by atoms with van der Waals surface area (Å²) in [5.41, 5.74) is 0.961. The minimum atomic E-state index is 0.513. The Bertz CT molecular complexity index is 531. The normalized spacial score (nSPS) is 10.5. The fraction of sp³-hybridized carbons (Fsp3) is 0.429. The van der Waals surface area contributed by atoms with Gasteiger partial charge in [-0.3, -0.25) is 0 Å². The highest BCUT2D eigenvalue weighted by atomic mass is 35.5. The lowest BCUT2D eigenvalue weighted by molar-refractivity contribution is 0.273. The molecular formula is C14H18ClN3O2. The van der Waals surface area contributed by atoms with Crippen molar-refractivity contribution in [2.24, 2.45) is 0 Å². The van der Waals surface area contributed by atoms with Crippen molar-refractivity contribution < 1.29 is 9.47 Å². The molecule has 0 unspecified atom stereocenters. The minimum absolute atomic E-state index is 0.513. The highest BCUT2D eigenvalue weighted by molar-refractivity contribution is 6.17. The van der Waals surface area contributed by atoms with E-state index in [1.54, 1.807) is 11.8 Å². The number of methoxy groups -OCH3 is 1. The van der Waals surface area contributed by atoms with Crippen molar-refractivity contribution in [2.45, 2.75) is 19.4 Å². The van der Waals surface area contributed by atoms with Gasteiger partial charge in [0.25, 0.3) is 0 Å². The number of alkyl halides is 1. The van der Waals surface area contributed by atoms with Crippen LogP contribution in [0.2, 0.25) is 0 Å². The standard InChI is InChI=1S/C14H18ClN3O2/c1-19-13-6-2-3-7-14(13)20-10-9-18-11-12(16-17-18)5-4-8-15/h2-3,6-7,11H,4-5,8-10H2,1H3. The second-order valence-electron chi connectivity index (χ2n) is 4.26. The average Bonchev–Trinajstić information content (AvgIpc) is 2.93. The van der Waals surface area contributed by atoms with Gasteiger partial charge in [0.2, 0.25) is 0 Å². The summed E-state index contributed by atoms with van der Waals surface area (Å²) in [4.78, 5) is 0. The van der Waals surface area contributed by atoms with E-state index in [2.05, 4.69) is 10.3 Å². The number of hydrogen-bond donors (Lipinski definition) is 0. The van der Waals surface area contributed by atoms with Crippen molar-refractivity contribution in [1.29, 1.82) is 0 Å². The summed E-state index contributed by atoms with van der Waals surface area (Å²) in [5, 5.41) is 8.14. The fourth-order valence-corrected chi connectivity index (χ4v) is 1.93. The third-order valence-electron chi connectivity index (χ3n) is 2.80. The van der Waals surface area contributed by atoms with E-state index < -0.39 is 0 Å². The summed E-state index contributed by atoms with van der Waals surface area (Å²) < 4.78 is 12.7. The average molecular weight is 296 g/mol. The minimum Gasteiger partial charge on any atom is -0.493 e. The van der Waals surface area contributed by atoms with Crippen molar-refractivity contribution in [2.75, 3.05) is 19.6 Å². The molecule has 20 heavy (non-hydrogen) atoms. The molecule has 1 aromatic carbocycles. The zero-order chi connectivity index (χ0) is 14.2. The monoisotopic (exact) mass is 295 g/mol. The quantitative estimate of drug-likeness (QED) is 0.702. The summed E-state index contributed by atoms with van der Waals surface area (Å²) in [7, 11) is 1.63. The maximum Gasteiger partial charge on any atom is 0.161 e. The van der Waals surface area contributed by atoms with Gasteiger partial charge in [-0.25, -0.2) is 4.68 Å². The molecule has 0 N–H and O–H groups in total. The van der Waals surface area contributed by atoms with E-state index in [1.165, 1.54) is 0 Å². The number of ether oxygens (including phenoxy) is 2. The lowest BCUT2D eigenvalue weighted by Gasteiger charge is -2.09. The topological polar surface area (TPSA) is 49.2 Å². The molecule has 0 spiro atoms. The molecule has 0 aliphatic heterocycles. The van der Waals surface area contributed by atoms with Crippen LogP contribution in [0.5, 0.6) is 11.5 Å². The van der Waals surface area contributed by atoms with E-state index in [0.717, 1.165) is 30.0 Å². The molecule has 1 heterocycles. The van der Waals surface area contributed by atoms with E-state index in [4.69, 9.17) is 21.1 Å². The number of halogens is 1. The van der Waals surface area contributed by atoms with Crippen LogP contribution >= 0.6 is 11.6 Å². The molecule has 0 radical (unpaired) electrons. The largest absolute Gasteiger partial charge is 0.493 e. The van der Waals surface area contributed by atoms with Crippen molar-refractivity contribution in [1.82, 2.24) is 15.0 Å². The summed E-state index contributed by atoms with van der Waals surface area (Å²) in [6.45, 7) is 1.16. The second-order valence-corrected chi connectivity index (χ2v) is 4.64. The Kier molecular flexibility index (Phi) is 5.68. The zero-order valence-corrected chi connectivity index (χ0v) is 12.2. The number of rotatable bonds is 8. The number of aryl methyl sites for hydroxylation is 1. The van der Waals surface area contributed by atoms with E-state index in [1.807, 2.05) is 30.5 Å². The van der Waals surface area contributed by atoms with Gasteiger partial charge in [-0.05, 0) is 25.0 Å². The Labute approximate surface area is 123 Å². The summed E-state index contributed by atoms with van der Waals surface area (Å²) >= 11 is 5.65. The number of para-hydroxylation sites is 2. The first-order valence-electron chi connectivity index (χ1n) is 6.54. The Morgan fingerprint density at radius 3 is 2.80 bits per heavy atom. The molecular weight excluding hydrogens is 278 g/mol. The lowest BCUT2D eigenvalue weighted by atomic mass is 10.3. The number of hydrogen-bond acceptors (Lipinski definition) is 4. The van der Waals surface area contributed by atoms with Gasteiger partial charge in [0.15, 0.2) is 11.5 Å². The third-order valence-corrected chi connectivity index (χ3v) is 3.07. The maximum absolute atomic E-state index is 5.69. The van der Waals surface area contributed by atoms with Crippen LogP contribution in [-0.4, -0.2) is 34.6 Å². The summed E-state index contributed by atoms with van der Waals surface area (Å²) in [6.07, 6.45) is 3.70. The molecule has 0 amide bonds. The third kappa shape index (κ3) is 4.13. The van der Waals surface area contributed by atoms with Crippen LogP contribution in [0.3, 0.4) is 0 Å².